The van der Waals surface area contributed by atoms with E-state index in [-0.39, 0.29) is 5.82 Å². The fourth-order valence-electron chi connectivity index (χ4n) is 1.84. The fraction of sp³-hybridized carbons (Fsp3) is 0.357. The molecule has 2 rings (SSSR count). The standard InChI is InChI=1S/C14H15BrFNO2/c1-14(2,3)19-13(18)17-8-9(7-15)11-6-10(16)4-5-12(11)17/h4-6,8H,7H2,1-3H3. The lowest BCUT2D eigenvalue weighted by atomic mass is 10.2. The Morgan fingerprint density at radius 3 is 2.68 bits per heavy atom. The van der Waals surface area contributed by atoms with Crippen LogP contribution in [0.4, 0.5) is 9.18 Å². The molecule has 102 valence electrons. The molecule has 1 aromatic carbocycles. The van der Waals surface area contributed by atoms with Crippen molar-refractivity contribution in [3.8, 4) is 0 Å². The molecule has 0 amide bonds. The largest absolute Gasteiger partial charge is 0.443 e. The van der Waals surface area contributed by atoms with Gasteiger partial charge in [-0.2, -0.15) is 0 Å². The SMILES string of the molecule is CC(C)(C)OC(=O)n1cc(CBr)c2cc(F)ccc21. The number of carbonyl (C=O) groups is 1. The lowest BCUT2D eigenvalue weighted by molar-refractivity contribution is 0.0544. The maximum atomic E-state index is 13.3. The lowest BCUT2D eigenvalue weighted by Crippen LogP contribution is -2.26. The molecule has 5 heteroatoms. The maximum Gasteiger partial charge on any atom is 0.419 e. The highest BCUT2D eigenvalue weighted by Gasteiger charge is 2.20. The number of halogens is 2. The first-order valence-corrected chi connectivity index (χ1v) is 7.03. The van der Waals surface area contributed by atoms with Gasteiger partial charge in [-0.05, 0) is 44.5 Å². The Bertz CT molecular complexity index is 628. The zero-order chi connectivity index (χ0) is 14.2. The number of rotatable bonds is 1. The first kappa shape index (κ1) is 14.1. The quantitative estimate of drug-likeness (QED) is 0.724. The van der Waals surface area contributed by atoms with Crippen molar-refractivity contribution < 1.29 is 13.9 Å². The normalized spacial score (nSPS) is 11.8. The monoisotopic (exact) mass is 327 g/mol. The van der Waals surface area contributed by atoms with E-state index < -0.39 is 11.7 Å². The predicted molar refractivity (Wildman–Crippen MR) is 76.2 cm³/mol. The average molecular weight is 328 g/mol. The first-order chi connectivity index (χ1) is 8.81. The molecule has 0 N–H and O–H groups in total. The van der Waals surface area contributed by atoms with Gasteiger partial charge in [-0.1, -0.05) is 15.9 Å². The third-order valence-corrected chi connectivity index (χ3v) is 3.19. The smallest absolute Gasteiger partial charge is 0.419 e. The van der Waals surface area contributed by atoms with Crippen molar-refractivity contribution in [2.45, 2.75) is 31.7 Å². The molecule has 0 saturated carbocycles. The van der Waals surface area contributed by atoms with Crippen molar-refractivity contribution in [1.29, 1.82) is 0 Å². The second-order valence-corrected chi connectivity index (χ2v) is 5.86. The van der Waals surface area contributed by atoms with Gasteiger partial charge >= 0.3 is 6.09 Å². The van der Waals surface area contributed by atoms with E-state index in [1.54, 1.807) is 12.3 Å². The van der Waals surface area contributed by atoms with E-state index in [4.69, 9.17) is 4.74 Å². The lowest BCUT2D eigenvalue weighted by Gasteiger charge is -2.19. The Kier molecular flexibility index (Phi) is 3.67. The summed E-state index contributed by atoms with van der Waals surface area (Å²) in [4.78, 5) is 12.1. The number of alkyl halides is 1. The summed E-state index contributed by atoms with van der Waals surface area (Å²) in [6, 6.07) is 4.34. The van der Waals surface area contributed by atoms with Crippen LogP contribution in [0.1, 0.15) is 26.3 Å². The van der Waals surface area contributed by atoms with Gasteiger partial charge in [-0.15, -0.1) is 0 Å². The Morgan fingerprint density at radius 1 is 1.42 bits per heavy atom. The number of carbonyl (C=O) groups excluding carboxylic acids is 1. The van der Waals surface area contributed by atoms with Crippen LogP contribution in [0.3, 0.4) is 0 Å². The maximum absolute atomic E-state index is 13.3. The van der Waals surface area contributed by atoms with Gasteiger partial charge in [0.1, 0.15) is 11.4 Å². The van der Waals surface area contributed by atoms with E-state index in [9.17, 15) is 9.18 Å². The summed E-state index contributed by atoms with van der Waals surface area (Å²) < 4.78 is 20.0. The van der Waals surface area contributed by atoms with Crippen molar-refractivity contribution in [2.24, 2.45) is 0 Å². The zero-order valence-corrected chi connectivity index (χ0v) is 12.6. The van der Waals surface area contributed by atoms with Gasteiger partial charge in [0.15, 0.2) is 0 Å². The molecule has 19 heavy (non-hydrogen) atoms. The molecule has 1 aromatic heterocycles. The van der Waals surface area contributed by atoms with Crippen molar-refractivity contribution >= 4 is 32.9 Å². The number of aromatic nitrogens is 1. The summed E-state index contributed by atoms with van der Waals surface area (Å²) >= 11 is 3.34. The molecule has 0 aliphatic heterocycles. The zero-order valence-electron chi connectivity index (χ0n) is 11.0. The highest BCUT2D eigenvalue weighted by Crippen LogP contribution is 2.25. The summed E-state index contributed by atoms with van der Waals surface area (Å²) in [5, 5.41) is 1.26. The molecule has 0 unspecified atom stereocenters. The Labute approximate surface area is 119 Å². The van der Waals surface area contributed by atoms with Gasteiger partial charge in [-0.25, -0.2) is 9.18 Å². The summed E-state index contributed by atoms with van der Waals surface area (Å²) in [5.41, 5.74) is 0.924. The minimum Gasteiger partial charge on any atom is -0.443 e. The number of hydrogen-bond donors (Lipinski definition) is 0. The number of fused-ring (bicyclic) bond motifs is 1. The van der Waals surface area contributed by atoms with E-state index in [1.807, 2.05) is 20.8 Å². The molecule has 0 radical (unpaired) electrons. The number of ether oxygens (including phenoxy) is 1. The minimum atomic E-state index is -0.567. The van der Waals surface area contributed by atoms with Crippen molar-refractivity contribution in [3.63, 3.8) is 0 Å². The third kappa shape index (κ3) is 2.97. The summed E-state index contributed by atoms with van der Waals surface area (Å²) in [6.45, 7) is 5.42. The van der Waals surface area contributed by atoms with Crippen molar-refractivity contribution in [3.05, 3.63) is 35.8 Å². The molecular formula is C14H15BrFNO2. The highest BCUT2D eigenvalue weighted by molar-refractivity contribution is 9.08. The van der Waals surface area contributed by atoms with E-state index in [2.05, 4.69) is 15.9 Å². The molecule has 0 spiro atoms. The van der Waals surface area contributed by atoms with Crippen LogP contribution in [-0.4, -0.2) is 16.3 Å². The summed E-state index contributed by atoms with van der Waals surface area (Å²) in [7, 11) is 0. The van der Waals surface area contributed by atoms with Gasteiger partial charge in [-0.3, -0.25) is 4.57 Å². The molecule has 2 aromatic rings. The van der Waals surface area contributed by atoms with Crippen LogP contribution in [0.5, 0.6) is 0 Å². The van der Waals surface area contributed by atoms with Gasteiger partial charge < -0.3 is 4.74 Å². The minimum absolute atomic E-state index is 0.323. The fourth-order valence-corrected chi connectivity index (χ4v) is 2.29. The van der Waals surface area contributed by atoms with Crippen molar-refractivity contribution in [1.82, 2.24) is 4.57 Å². The highest BCUT2D eigenvalue weighted by atomic mass is 79.9. The Morgan fingerprint density at radius 2 is 2.11 bits per heavy atom. The van der Waals surface area contributed by atoms with Crippen LogP contribution in [0.25, 0.3) is 10.9 Å². The second kappa shape index (κ2) is 4.96. The van der Waals surface area contributed by atoms with Gasteiger partial charge in [0.25, 0.3) is 0 Å². The van der Waals surface area contributed by atoms with Gasteiger partial charge in [0.2, 0.25) is 0 Å². The molecular weight excluding hydrogens is 313 g/mol. The molecule has 0 aliphatic rings. The van der Waals surface area contributed by atoms with Gasteiger partial charge in [0, 0.05) is 16.9 Å². The van der Waals surface area contributed by atoms with Gasteiger partial charge in [0.05, 0.1) is 5.52 Å². The third-order valence-electron chi connectivity index (χ3n) is 2.58. The number of nitrogens with zero attached hydrogens (tertiary/aromatic N) is 1. The van der Waals surface area contributed by atoms with Crippen LogP contribution < -0.4 is 0 Å². The van der Waals surface area contributed by atoms with Crippen LogP contribution in [0, 0.1) is 5.82 Å². The van der Waals surface area contributed by atoms with Crippen LogP contribution in [0.15, 0.2) is 24.4 Å². The number of benzene rings is 1. The predicted octanol–water partition coefficient (Wildman–Crippen LogP) is 4.46. The molecule has 1 heterocycles. The number of hydrogen-bond acceptors (Lipinski definition) is 2. The van der Waals surface area contributed by atoms with Crippen LogP contribution >= 0.6 is 15.9 Å². The van der Waals surface area contributed by atoms with Crippen LogP contribution in [0.2, 0.25) is 0 Å². The van der Waals surface area contributed by atoms with E-state index in [0.29, 0.717) is 16.2 Å². The summed E-state index contributed by atoms with van der Waals surface area (Å²) in [6.07, 6.45) is 1.21. The Balaban J connectivity index is 2.52. The average Bonchev–Trinajstić information content (AvgIpc) is 2.64. The first-order valence-electron chi connectivity index (χ1n) is 5.90. The Hall–Kier alpha value is -1.36. The molecule has 0 bridgehead atoms. The molecule has 0 saturated heterocycles. The van der Waals surface area contributed by atoms with E-state index in [0.717, 1.165) is 5.56 Å². The van der Waals surface area contributed by atoms with E-state index in [1.165, 1.54) is 16.7 Å². The molecule has 0 aliphatic carbocycles. The van der Waals surface area contributed by atoms with Crippen molar-refractivity contribution in [2.75, 3.05) is 0 Å². The van der Waals surface area contributed by atoms with Crippen LogP contribution in [-0.2, 0) is 10.1 Å². The topological polar surface area (TPSA) is 31.2 Å². The van der Waals surface area contributed by atoms with E-state index >= 15 is 0 Å². The summed E-state index contributed by atoms with van der Waals surface area (Å²) in [5.74, 6) is -0.323. The molecule has 0 atom stereocenters. The molecule has 0 fully saturated rings. The second-order valence-electron chi connectivity index (χ2n) is 5.30. The molecule has 3 nitrogen and oxygen atoms in total.